The number of benzene rings is 1. The van der Waals surface area contributed by atoms with Gasteiger partial charge in [0.2, 0.25) is 11.8 Å². The van der Waals surface area contributed by atoms with Gasteiger partial charge in [-0.25, -0.2) is 14.8 Å². The Labute approximate surface area is 237 Å². The highest BCUT2D eigenvalue weighted by Gasteiger charge is 2.41. The van der Waals surface area contributed by atoms with Gasteiger partial charge >= 0.3 is 12.3 Å². The van der Waals surface area contributed by atoms with Crippen LogP contribution in [-0.2, 0) is 28.7 Å². The highest BCUT2D eigenvalue weighted by atomic mass is 19.4. The number of likely N-dealkylation sites (tertiary alicyclic amines) is 1. The van der Waals surface area contributed by atoms with Gasteiger partial charge in [-0.1, -0.05) is 37.3 Å². The number of piperidine rings is 1. The molecule has 3 heterocycles. The van der Waals surface area contributed by atoms with Crippen molar-refractivity contribution in [3.05, 3.63) is 47.3 Å². The summed E-state index contributed by atoms with van der Waals surface area (Å²) in [5.74, 6) is -0.332. The number of fused-ring (bicyclic) bond motifs is 1. The van der Waals surface area contributed by atoms with Gasteiger partial charge in [-0.15, -0.1) is 0 Å². The van der Waals surface area contributed by atoms with Crippen molar-refractivity contribution in [2.45, 2.75) is 77.7 Å². The number of aromatic nitrogens is 2. The third kappa shape index (κ3) is 6.97. The Balaban J connectivity index is 1.63. The van der Waals surface area contributed by atoms with Crippen LogP contribution in [0.4, 0.5) is 18.0 Å². The summed E-state index contributed by atoms with van der Waals surface area (Å²) in [5, 5.41) is 10.1. The van der Waals surface area contributed by atoms with E-state index in [4.69, 9.17) is 0 Å². The second kappa shape index (κ2) is 11.7. The van der Waals surface area contributed by atoms with E-state index in [2.05, 4.69) is 9.97 Å². The molecule has 2 atom stereocenters. The number of carbonyl (C=O) groups is 3. The maximum atomic E-state index is 14.0. The molecule has 3 amide bonds. The monoisotopic (exact) mass is 575 g/mol. The fraction of sp³-hybridized carbons (Fsp3) is 0.552. The molecule has 2 aliphatic rings. The van der Waals surface area contributed by atoms with Crippen LogP contribution >= 0.6 is 0 Å². The number of rotatable bonds is 6. The molecule has 1 N–H and O–H groups in total. The second-order valence-corrected chi connectivity index (χ2v) is 11.9. The molecule has 4 rings (SSSR count). The van der Waals surface area contributed by atoms with Gasteiger partial charge in [-0.05, 0) is 39.5 Å². The Morgan fingerprint density at radius 3 is 2.41 bits per heavy atom. The molecule has 9 nitrogen and oxygen atoms in total. The van der Waals surface area contributed by atoms with Gasteiger partial charge in [-0.2, -0.15) is 13.2 Å². The van der Waals surface area contributed by atoms with Crippen LogP contribution < -0.4 is 0 Å². The molecule has 0 aliphatic carbocycles. The normalized spacial score (nSPS) is 18.6. The maximum Gasteiger partial charge on any atom is 0.433 e. The molecule has 0 unspecified atom stereocenters. The third-order valence-electron chi connectivity index (χ3n) is 7.59. The molecule has 1 aromatic carbocycles. The first kappa shape index (κ1) is 30.3. The van der Waals surface area contributed by atoms with Crippen molar-refractivity contribution >= 4 is 17.9 Å². The molecule has 12 heteroatoms. The minimum absolute atomic E-state index is 0.0119. The van der Waals surface area contributed by atoms with Crippen molar-refractivity contribution in [2.75, 3.05) is 19.6 Å². The van der Waals surface area contributed by atoms with E-state index in [1.54, 1.807) is 56.0 Å². The quantitative estimate of drug-likeness (QED) is 0.528. The lowest BCUT2D eigenvalue weighted by Gasteiger charge is -2.43. The molecule has 0 radical (unpaired) electrons. The van der Waals surface area contributed by atoms with E-state index in [0.29, 0.717) is 18.5 Å². The Kier molecular flexibility index (Phi) is 8.60. The van der Waals surface area contributed by atoms with Gasteiger partial charge in [0.1, 0.15) is 0 Å². The van der Waals surface area contributed by atoms with E-state index in [1.165, 1.54) is 9.80 Å². The molecule has 1 fully saturated rings. The van der Waals surface area contributed by atoms with Crippen LogP contribution in [0.25, 0.3) is 11.4 Å². The summed E-state index contributed by atoms with van der Waals surface area (Å²) in [5.41, 5.74) is -1.36. The van der Waals surface area contributed by atoms with Gasteiger partial charge in [0.05, 0.1) is 18.3 Å². The first-order valence-corrected chi connectivity index (χ1v) is 13.8. The first-order valence-electron chi connectivity index (χ1n) is 13.8. The largest absolute Gasteiger partial charge is 0.465 e. The number of alkyl halides is 3. The van der Waals surface area contributed by atoms with E-state index in [1.807, 2.05) is 6.92 Å². The van der Waals surface area contributed by atoms with Gasteiger partial charge in [0.25, 0.3) is 0 Å². The number of nitrogens with zero attached hydrogens (tertiary/aromatic N) is 5. The number of carboxylic acid groups (broad SMARTS) is 1. The molecule has 1 aromatic heterocycles. The molecule has 2 aromatic rings. The van der Waals surface area contributed by atoms with E-state index >= 15 is 0 Å². The minimum Gasteiger partial charge on any atom is -0.465 e. The Hall–Kier alpha value is -3.70. The van der Waals surface area contributed by atoms with Gasteiger partial charge < -0.3 is 14.9 Å². The molecule has 1 saturated heterocycles. The van der Waals surface area contributed by atoms with E-state index in [-0.39, 0.29) is 61.4 Å². The minimum atomic E-state index is -4.69. The molecular weight excluding hydrogens is 539 g/mol. The number of halogens is 3. The number of hydrogen-bond donors (Lipinski definition) is 1. The maximum absolute atomic E-state index is 14.0. The fourth-order valence-corrected chi connectivity index (χ4v) is 5.68. The summed E-state index contributed by atoms with van der Waals surface area (Å²) in [7, 11) is 0. The Morgan fingerprint density at radius 2 is 1.80 bits per heavy atom. The summed E-state index contributed by atoms with van der Waals surface area (Å²) in [6.07, 6.45) is -5.11. The number of carbonyl (C=O) groups excluding carboxylic acids is 2. The van der Waals surface area contributed by atoms with Crippen molar-refractivity contribution in [2.24, 2.45) is 5.92 Å². The smallest absolute Gasteiger partial charge is 0.433 e. The predicted octanol–water partition coefficient (Wildman–Crippen LogP) is 4.84. The molecular formula is C29H36F3N5O4. The van der Waals surface area contributed by atoms with E-state index < -0.39 is 35.5 Å². The molecule has 222 valence electrons. The lowest BCUT2D eigenvalue weighted by Crippen LogP contribution is -2.57. The van der Waals surface area contributed by atoms with Crippen molar-refractivity contribution in [3.8, 4) is 11.4 Å². The average Bonchev–Trinajstić information content (AvgIpc) is 2.88. The lowest BCUT2D eigenvalue weighted by molar-refractivity contribution is -0.142. The summed E-state index contributed by atoms with van der Waals surface area (Å²) in [6, 6.07) is 7.49. The standard InChI is InChI=1S/C29H36F3N5O4/c1-18-10-11-23(38)36(15-18)16-20(37(27(40)41)28(2,3)4)14-24(39)35-13-12-21-22(17-35)33-26(19-8-6-5-7-9-19)34-25(21)29(30,31)32/h5-9,18,20H,10-17H2,1-4H3,(H,40,41)/t18-,20+/m1/s1. The molecule has 0 bridgehead atoms. The van der Waals surface area contributed by atoms with Gasteiger partial charge in [0, 0.05) is 49.1 Å². The first-order chi connectivity index (χ1) is 19.1. The topological polar surface area (TPSA) is 107 Å². The SMILES string of the molecule is C[C@@H]1CCC(=O)N(C[C@H](CC(=O)N2CCc3c(nc(-c4ccccc4)nc3C(F)(F)F)C2)N(C(=O)O)C(C)(C)C)C1. The number of hydrogen-bond acceptors (Lipinski definition) is 5. The van der Waals surface area contributed by atoms with Crippen LogP contribution in [0.5, 0.6) is 0 Å². The molecule has 2 aliphatic heterocycles. The van der Waals surface area contributed by atoms with Crippen LogP contribution in [0.15, 0.2) is 30.3 Å². The van der Waals surface area contributed by atoms with Crippen LogP contribution in [0.1, 0.15) is 63.9 Å². The van der Waals surface area contributed by atoms with Gasteiger partial charge in [0.15, 0.2) is 11.5 Å². The summed E-state index contributed by atoms with van der Waals surface area (Å²) < 4.78 is 42.0. The fourth-order valence-electron chi connectivity index (χ4n) is 5.68. The Bertz CT molecular complexity index is 1300. The van der Waals surface area contributed by atoms with E-state index in [0.717, 1.165) is 6.42 Å². The van der Waals surface area contributed by atoms with Crippen molar-refractivity contribution in [3.63, 3.8) is 0 Å². The van der Waals surface area contributed by atoms with Crippen LogP contribution in [0.3, 0.4) is 0 Å². The van der Waals surface area contributed by atoms with E-state index in [9.17, 15) is 32.7 Å². The van der Waals surface area contributed by atoms with Crippen molar-refractivity contribution in [1.29, 1.82) is 0 Å². The third-order valence-corrected chi connectivity index (χ3v) is 7.59. The van der Waals surface area contributed by atoms with Crippen molar-refractivity contribution < 1.29 is 32.7 Å². The molecule has 41 heavy (non-hydrogen) atoms. The van der Waals surface area contributed by atoms with Crippen LogP contribution in [0, 0.1) is 5.92 Å². The lowest BCUT2D eigenvalue weighted by atomic mass is 9.96. The van der Waals surface area contributed by atoms with Crippen LogP contribution in [0.2, 0.25) is 0 Å². The average molecular weight is 576 g/mol. The van der Waals surface area contributed by atoms with Crippen LogP contribution in [-0.4, -0.2) is 78.9 Å². The predicted molar refractivity (Wildman–Crippen MR) is 145 cm³/mol. The highest BCUT2D eigenvalue weighted by Crippen LogP contribution is 2.35. The summed E-state index contributed by atoms with van der Waals surface area (Å²) in [4.78, 5) is 51.2. The second-order valence-electron chi connectivity index (χ2n) is 11.9. The highest BCUT2D eigenvalue weighted by molar-refractivity contribution is 5.79. The zero-order valence-electron chi connectivity index (χ0n) is 23.7. The number of amides is 3. The Morgan fingerprint density at radius 1 is 1.12 bits per heavy atom. The summed E-state index contributed by atoms with van der Waals surface area (Å²) in [6.45, 7) is 7.56. The zero-order valence-corrected chi connectivity index (χ0v) is 23.7. The zero-order chi connectivity index (χ0) is 30.1. The molecule has 0 saturated carbocycles. The molecule has 0 spiro atoms. The van der Waals surface area contributed by atoms with Gasteiger partial charge in [-0.3, -0.25) is 14.5 Å². The summed E-state index contributed by atoms with van der Waals surface area (Å²) >= 11 is 0. The van der Waals surface area contributed by atoms with Crippen molar-refractivity contribution in [1.82, 2.24) is 24.7 Å².